The molecule has 122 valence electrons. The van der Waals surface area contributed by atoms with Crippen LogP contribution < -0.4 is 10.6 Å². The van der Waals surface area contributed by atoms with Crippen molar-refractivity contribution in [2.24, 2.45) is 4.99 Å². The molecular weight excluding hydrogens is 296 g/mol. The molecule has 1 aromatic heterocycles. The van der Waals surface area contributed by atoms with E-state index in [1.54, 1.807) is 0 Å². The zero-order chi connectivity index (χ0) is 15.2. The van der Waals surface area contributed by atoms with Gasteiger partial charge in [0.2, 0.25) is 0 Å². The lowest BCUT2D eigenvalue weighted by Crippen LogP contribution is -2.40. The van der Waals surface area contributed by atoms with Crippen LogP contribution in [0, 0.1) is 0 Å². The van der Waals surface area contributed by atoms with Gasteiger partial charge in [-0.1, -0.05) is 0 Å². The van der Waals surface area contributed by atoms with E-state index in [2.05, 4.69) is 49.1 Å². The summed E-state index contributed by atoms with van der Waals surface area (Å²) >= 11 is 2.07. The fourth-order valence-corrected chi connectivity index (χ4v) is 4.19. The van der Waals surface area contributed by atoms with Crippen molar-refractivity contribution >= 4 is 17.7 Å². The Kier molecular flexibility index (Phi) is 5.58. The quantitative estimate of drug-likeness (QED) is 0.636. The minimum atomic E-state index is 0.597. The zero-order valence-corrected chi connectivity index (χ0v) is 14.2. The van der Waals surface area contributed by atoms with E-state index in [1.807, 2.05) is 0 Å². The predicted molar refractivity (Wildman–Crippen MR) is 91.3 cm³/mol. The van der Waals surface area contributed by atoms with Crippen LogP contribution in [0.5, 0.6) is 0 Å². The molecule has 0 saturated carbocycles. The topological polar surface area (TPSA) is 67.1 Å². The maximum Gasteiger partial charge on any atom is 0.191 e. The van der Waals surface area contributed by atoms with Crippen molar-refractivity contribution in [1.82, 2.24) is 25.4 Å². The minimum Gasteiger partial charge on any atom is -0.357 e. The third kappa shape index (κ3) is 3.94. The summed E-state index contributed by atoms with van der Waals surface area (Å²) in [6.07, 6.45) is 6.16. The molecule has 3 rings (SSSR count). The van der Waals surface area contributed by atoms with Crippen LogP contribution in [0.25, 0.3) is 0 Å². The number of nitrogens with zero attached hydrogens (tertiary/aromatic N) is 4. The highest BCUT2D eigenvalue weighted by Crippen LogP contribution is 2.25. The Hall–Kier alpha value is -1.24. The van der Waals surface area contributed by atoms with Crippen LogP contribution in [0.2, 0.25) is 0 Å². The molecule has 1 fully saturated rings. The molecule has 2 N–H and O–H groups in total. The van der Waals surface area contributed by atoms with Crippen LogP contribution in [0.3, 0.4) is 0 Å². The van der Waals surface area contributed by atoms with Crippen LogP contribution in [0.15, 0.2) is 4.99 Å². The van der Waals surface area contributed by atoms with Crippen molar-refractivity contribution in [2.75, 3.05) is 18.8 Å². The Bertz CT molecular complexity index is 506. The van der Waals surface area contributed by atoms with Gasteiger partial charge < -0.3 is 15.2 Å². The summed E-state index contributed by atoms with van der Waals surface area (Å²) in [5.41, 5.74) is 0. The van der Waals surface area contributed by atoms with Gasteiger partial charge in [0.25, 0.3) is 0 Å². The molecule has 0 bridgehead atoms. The number of aromatic nitrogens is 3. The maximum atomic E-state index is 4.69. The number of nitrogens with one attached hydrogen (secondary N) is 2. The maximum absolute atomic E-state index is 4.69. The van der Waals surface area contributed by atoms with Crippen molar-refractivity contribution in [3.63, 3.8) is 0 Å². The molecule has 6 nitrogen and oxygen atoms in total. The lowest BCUT2D eigenvalue weighted by Gasteiger charge is -2.16. The second kappa shape index (κ2) is 7.85. The van der Waals surface area contributed by atoms with E-state index < -0.39 is 0 Å². The van der Waals surface area contributed by atoms with Gasteiger partial charge in [0.15, 0.2) is 11.8 Å². The van der Waals surface area contributed by atoms with E-state index in [1.165, 1.54) is 31.4 Å². The normalized spacial score (nSPS) is 21.7. The van der Waals surface area contributed by atoms with Crippen molar-refractivity contribution in [3.8, 4) is 0 Å². The van der Waals surface area contributed by atoms with Crippen molar-refractivity contribution in [2.45, 2.75) is 57.4 Å². The zero-order valence-electron chi connectivity index (χ0n) is 13.3. The van der Waals surface area contributed by atoms with Crippen molar-refractivity contribution in [3.05, 3.63) is 11.6 Å². The molecule has 1 saturated heterocycles. The molecule has 2 aliphatic rings. The summed E-state index contributed by atoms with van der Waals surface area (Å²) in [7, 11) is 0. The Morgan fingerprint density at radius 3 is 3.09 bits per heavy atom. The van der Waals surface area contributed by atoms with Crippen LogP contribution >= 0.6 is 11.8 Å². The molecule has 2 aliphatic heterocycles. The molecule has 0 amide bonds. The van der Waals surface area contributed by atoms with Gasteiger partial charge >= 0.3 is 0 Å². The van der Waals surface area contributed by atoms with Gasteiger partial charge in [-0.3, -0.25) is 0 Å². The molecule has 7 heteroatoms. The molecule has 0 radical (unpaired) electrons. The third-order valence-electron chi connectivity index (χ3n) is 4.18. The van der Waals surface area contributed by atoms with E-state index in [0.29, 0.717) is 6.54 Å². The highest BCUT2D eigenvalue weighted by atomic mass is 32.2. The third-order valence-corrected chi connectivity index (χ3v) is 5.58. The first-order valence-electron chi connectivity index (χ1n) is 8.41. The summed E-state index contributed by atoms with van der Waals surface area (Å²) in [6.45, 7) is 5.60. The number of hydrogen-bond acceptors (Lipinski definition) is 4. The number of hydrogen-bond donors (Lipinski definition) is 2. The summed E-state index contributed by atoms with van der Waals surface area (Å²) in [5.74, 6) is 4.30. The first-order valence-corrected chi connectivity index (χ1v) is 9.46. The molecule has 1 atom stereocenters. The molecule has 1 unspecified atom stereocenters. The molecule has 22 heavy (non-hydrogen) atoms. The fourth-order valence-electron chi connectivity index (χ4n) is 2.99. The average Bonchev–Trinajstić information content (AvgIpc) is 3.20. The van der Waals surface area contributed by atoms with Crippen LogP contribution in [0.1, 0.15) is 44.3 Å². The van der Waals surface area contributed by atoms with Crippen molar-refractivity contribution < 1.29 is 0 Å². The molecule has 1 aromatic rings. The van der Waals surface area contributed by atoms with E-state index in [0.717, 1.165) is 48.9 Å². The number of aliphatic imine (C=N–C) groups is 1. The lowest BCUT2D eigenvalue weighted by molar-refractivity contribution is 0.508. The monoisotopic (exact) mass is 322 g/mol. The van der Waals surface area contributed by atoms with Gasteiger partial charge in [-0.05, 0) is 38.4 Å². The molecule has 3 heterocycles. The SMILES string of the molecule is CCNC(=NCc1nnc2n1CCCC2)NCC1CCCS1. The fraction of sp³-hybridized carbons (Fsp3) is 0.800. The van der Waals surface area contributed by atoms with Crippen LogP contribution in [-0.2, 0) is 19.5 Å². The second-order valence-corrected chi connectivity index (χ2v) is 7.26. The number of guanidine groups is 1. The number of rotatable bonds is 5. The van der Waals surface area contributed by atoms with E-state index in [-0.39, 0.29) is 0 Å². The van der Waals surface area contributed by atoms with E-state index in [9.17, 15) is 0 Å². The molecule has 0 aliphatic carbocycles. The summed E-state index contributed by atoms with van der Waals surface area (Å²) in [4.78, 5) is 4.69. The summed E-state index contributed by atoms with van der Waals surface area (Å²) in [6, 6.07) is 0. The Balaban J connectivity index is 1.58. The van der Waals surface area contributed by atoms with Crippen molar-refractivity contribution in [1.29, 1.82) is 0 Å². The average molecular weight is 322 g/mol. The molecular formula is C15H26N6S. The van der Waals surface area contributed by atoms with Gasteiger partial charge in [0.05, 0.1) is 0 Å². The summed E-state index contributed by atoms with van der Waals surface area (Å²) < 4.78 is 2.24. The van der Waals surface area contributed by atoms with Gasteiger partial charge in [-0.25, -0.2) is 4.99 Å². The van der Waals surface area contributed by atoms with Gasteiger partial charge in [-0.2, -0.15) is 11.8 Å². The smallest absolute Gasteiger partial charge is 0.191 e. The highest BCUT2D eigenvalue weighted by molar-refractivity contribution is 8.00. The Morgan fingerprint density at radius 1 is 1.32 bits per heavy atom. The highest BCUT2D eigenvalue weighted by Gasteiger charge is 2.17. The van der Waals surface area contributed by atoms with E-state index >= 15 is 0 Å². The van der Waals surface area contributed by atoms with Gasteiger partial charge in [0.1, 0.15) is 12.4 Å². The Labute approximate surface area is 136 Å². The lowest BCUT2D eigenvalue weighted by atomic mass is 10.2. The number of aryl methyl sites for hydroxylation is 1. The number of fused-ring (bicyclic) bond motifs is 1. The van der Waals surface area contributed by atoms with Crippen LogP contribution in [-0.4, -0.2) is 44.8 Å². The number of thioether (sulfide) groups is 1. The Morgan fingerprint density at radius 2 is 2.27 bits per heavy atom. The molecule has 0 aromatic carbocycles. The largest absolute Gasteiger partial charge is 0.357 e. The van der Waals surface area contributed by atoms with E-state index in [4.69, 9.17) is 0 Å². The minimum absolute atomic E-state index is 0.597. The molecule has 0 spiro atoms. The standard InChI is InChI=1S/C15H26N6S/c1-2-16-15(17-10-12-6-5-9-22-12)18-11-14-20-19-13-7-3-4-8-21(13)14/h12H,2-11H2,1H3,(H2,16,17,18). The van der Waals surface area contributed by atoms with Gasteiger partial charge in [-0.15, -0.1) is 10.2 Å². The summed E-state index contributed by atoms with van der Waals surface area (Å²) in [5, 5.41) is 16.1. The first-order chi connectivity index (χ1) is 10.9. The first kappa shape index (κ1) is 15.6. The predicted octanol–water partition coefficient (Wildman–Crippen LogP) is 1.57. The van der Waals surface area contributed by atoms with Gasteiger partial charge in [0, 0.05) is 31.3 Å². The van der Waals surface area contributed by atoms with Crippen LogP contribution in [0.4, 0.5) is 0 Å². The second-order valence-electron chi connectivity index (χ2n) is 5.85.